The fourth-order valence-corrected chi connectivity index (χ4v) is 1.72. The molecule has 1 aromatic heterocycles. The third-order valence-electron chi connectivity index (χ3n) is 2.29. The van der Waals surface area contributed by atoms with Gasteiger partial charge in [-0.2, -0.15) is 0 Å². The molecule has 0 atom stereocenters. The number of para-hydroxylation sites is 1. The lowest BCUT2D eigenvalue weighted by Crippen LogP contribution is -1.96. The smallest absolute Gasteiger partial charge is 0.162 e. The van der Waals surface area contributed by atoms with Gasteiger partial charge in [0, 0.05) is 16.5 Å². The van der Waals surface area contributed by atoms with Crippen molar-refractivity contribution in [2.45, 2.75) is 13.5 Å². The van der Waals surface area contributed by atoms with Gasteiger partial charge in [-0.05, 0) is 13.0 Å². The van der Waals surface area contributed by atoms with Crippen molar-refractivity contribution >= 4 is 16.7 Å². The summed E-state index contributed by atoms with van der Waals surface area (Å²) in [6.07, 6.45) is 0. The Labute approximate surface area is 81.4 Å². The topological polar surface area (TPSA) is 53.1 Å². The fraction of sp³-hybridized carbons (Fsp3) is 0.182. The van der Waals surface area contributed by atoms with Crippen LogP contribution in [0, 0.1) is 0 Å². The molecule has 0 saturated heterocycles. The van der Waals surface area contributed by atoms with Gasteiger partial charge in [0.1, 0.15) is 0 Å². The molecule has 0 saturated carbocycles. The molecule has 0 unspecified atom stereocenters. The fourth-order valence-electron chi connectivity index (χ4n) is 1.72. The zero-order valence-electron chi connectivity index (χ0n) is 7.87. The second-order valence-corrected chi connectivity index (χ2v) is 3.24. The number of rotatable bonds is 2. The number of hydrogen-bond acceptors (Lipinski definition) is 2. The lowest BCUT2D eigenvalue weighted by Gasteiger charge is -1.95. The van der Waals surface area contributed by atoms with Crippen molar-refractivity contribution in [2.75, 3.05) is 0 Å². The van der Waals surface area contributed by atoms with Crippen LogP contribution in [0.1, 0.15) is 23.0 Å². The number of aromatic nitrogens is 1. The first-order valence-corrected chi connectivity index (χ1v) is 4.45. The number of nitrogens with one attached hydrogen (secondary N) is 1. The van der Waals surface area contributed by atoms with Gasteiger partial charge in [-0.15, -0.1) is 0 Å². The van der Waals surface area contributed by atoms with E-state index < -0.39 is 0 Å². The van der Waals surface area contributed by atoms with Crippen molar-refractivity contribution in [3.05, 3.63) is 35.5 Å². The number of H-pyrrole nitrogens is 1. The predicted molar refractivity (Wildman–Crippen MR) is 54.2 cm³/mol. The lowest BCUT2D eigenvalue weighted by molar-refractivity contribution is 0.101. The molecule has 0 fully saturated rings. The van der Waals surface area contributed by atoms with Crippen molar-refractivity contribution in [1.82, 2.24) is 4.98 Å². The van der Waals surface area contributed by atoms with Crippen LogP contribution in [0.15, 0.2) is 24.3 Å². The van der Waals surface area contributed by atoms with Crippen LogP contribution in [0.25, 0.3) is 10.9 Å². The number of hydrogen-bond donors (Lipinski definition) is 2. The van der Waals surface area contributed by atoms with Crippen molar-refractivity contribution in [3.8, 4) is 0 Å². The molecule has 0 aliphatic heterocycles. The number of aromatic amines is 1. The van der Waals surface area contributed by atoms with E-state index in [-0.39, 0.29) is 12.4 Å². The Balaban J connectivity index is 2.81. The minimum absolute atomic E-state index is 0.0218. The first-order chi connectivity index (χ1) is 6.74. The number of ketones is 1. The van der Waals surface area contributed by atoms with Crippen LogP contribution in [0.5, 0.6) is 0 Å². The Morgan fingerprint density at radius 1 is 1.43 bits per heavy atom. The summed E-state index contributed by atoms with van der Waals surface area (Å²) in [4.78, 5) is 14.4. The van der Waals surface area contributed by atoms with Crippen LogP contribution in [-0.4, -0.2) is 15.9 Å². The Morgan fingerprint density at radius 2 is 2.14 bits per heavy atom. The van der Waals surface area contributed by atoms with Gasteiger partial charge in [-0.25, -0.2) is 0 Å². The predicted octanol–water partition coefficient (Wildman–Crippen LogP) is 1.86. The Morgan fingerprint density at radius 3 is 2.79 bits per heavy atom. The van der Waals surface area contributed by atoms with E-state index in [4.69, 9.17) is 5.11 Å². The molecule has 1 aromatic carbocycles. The summed E-state index contributed by atoms with van der Waals surface area (Å²) in [7, 11) is 0. The number of carbonyl (C=O) groups is 1. The minimum Gasteiger partial charge on any atom is -0.390 e. The molecule has 0 aliphatic rings. The molecule has 2 N–H and O–H groups in total. The van der Waals surface area contributed by atoms with Gasteiger partial charge in [0.2, 0.25) is 0 Å². The molecule has 14 heavy (non-hydrogen) atoms. The van der Waals surface area contributed by atoms with Crippen LogP contribution in [0.2, 0.25) is 0 Å². The molecule has 3 nitrogen and oxygen atoms in total. The van der Waals surface area contributed by atoms with Crippen molar-refractivity contribution in [2.24, 2.45) is 0 Å². The molecule has 0 aliphatic carbocycles. The molecule has 72 valence electrons. The molecule has 2 aromatic rings. The second kappa shape index (κ2) is 3.27. The Hall–Kier alpha value is -1.61. The normalized spacial score (nSPS) is 10.7. The van der Waals surface area contributed by atoms with Crippen LogP contribution in [0.3, 0.4) is 0 Å². The van der Waals surface area contributed by atoms with Crippen LogP contribution >= 0.6 is 0 Å². The summed E-state index contributed by atoms with van der Waals surface area (Å²) < 4.78 is 0. The highest BCUT2D eigenvalue weighted by molar-refractivity contribution is 6.08. The summed E-state index contributed by atoms with van der Waals surface area (Å²) in [6.45, 7) is 1.37. The highest BCUT2D eigenvalue weighted by Crippen LogP contribution is 2.22. The van der Waals surface area contributed by atoms with Gasteiger partial charge < -0.3 is 10.1 Å². The molecular weight excluding hydrogens is 178 g/mol. The SMILES string of the molecule is CC(=O)c1c(CO)[nH]c2ccccc12. The van der Waals surface area contributed by atoms with E-state index in [1.54, 1.807) is 0 Å². The summed E-state index contributed by atoms with van der Waals surface area (Å²) in [6, 6.07) is 7.54. The molecule has 1 heterocycles. The summed E-state index contributed by atoms with van der Waals surface area (Å²) in [5.41, 5.74) is 2.09. The van der Waals surface area contributed by atoms with Gasteiger partial charge in [0.05, 0.1) is 12.3 Å². The molecular formula is C11H11NO2. The molecule has 0 spiro atoms. The minimum atomic E-state index is -0.135. The second-order valence-electron chi connectivity index (χ2n) is 3.24. The standard InChI is InChI=1S/C11H11NO2/c1-7(14)11-8-4-2-3-5-9(8)12-10(11)6-13/h2-5,12-13H,6H2,1H3. The highest BCUT2D eigenvalue weighted by atomic mass is 16.3. The van der Waals surface area contributed by atoms with Crippen LogP contribution in [0.4, 0.5) is 0 Å². The zero-order valence-corrected chi connectivity index (χ0v) is 7.87. The number of carbonyl (C=O) groups excluding carboxylic acids is 1. The molecule has 0 radical (unpaired) electrons. The number of Topliss-reactive ketones (excluding diaryl/α,β-unsaturated/α-hetero) is 1. The first kappa shape index (κ1) is 8.97. The van der Waals surface area contributed by atoms with Gasteiger partial charge in [0.25, 0.3) is 0 Å². The molecule has 3 heteroatoms. The van der Waals surface area contributed by atoms with E-state index in [1.807, 2.05) is 24.3 Å². The number of aliphatic hydroxyl groups excluding tert-OH is 1. The third kappa shape index (κ3) is 1.22. The van der Waals surface area contributed by atoms with Crippen LogP contribution in [-0.2, 0) is 6.61 Å². The summed E-state index contributed by atoms with van der Waals surface area (Å²) in [5.74, 6) is -0.0218. The maximum atomic E-state index is 11.4. The van der Waals surface area contributed by atoms with Gasteiger partial charge >= 0.3 is 0 Å². The van der Waals surface area contributed by atoms with E-state index in [2.05, 4.69) is 4.98 Å². The Bertz CT molecular complexity index is 485. The highest BCUT2D eigenvalue weighted by Gasteiger charge is 2.13. The van der Waals surface area contributed by atoms with Gasteiger partial charge in [-0.3, -0.25) is 4.79 Å². The van der Waals surface area contributed by atoms with E-state index in [9.17, 15) is 4.79 Å². The van der Waals surface area contributed by atoms with E-state index >= 15 is 0 Å². The van der Waals surface area contributed by atoms with Gasteiger partial charge in [-0.1, -0.05) is 18.2 Å². The van der Waals surface area contributed by atoms with Crippen LogP contribution < -0.4 is 0 Å². The number of aliphatic hydroxyl groups is 1. The Kier molecular flexibility index (Phi) is 2.09. The van der Waals surface area contributed by atoms with Crippen molar-refractivity contribution < 1.29 is 9.90 Å². The maximum absolute atomic E-state index is 11.4. The maximum Gasteiger partial charge on any atom is 0.162 e. The van der Waals surface area contributed by atoms with E-state index in [1.165, 1.54) is 6.92 Å². The molecule has 2 rings (SSSR count). The number of benzene rings is 1. The van der Waals surface area contributed by atoms with Crippen molar-refractivity contribution in [3.63, 3.8) is 0 Å². The lowest BCUT2D eigenvalue weighted by atomic mass is 10.1. The van der Waals surface area contributed by atoms with Crippen molar-refractivity contribution in [1.29, 1.82) is 0 Å². The quantitative estimate of drug-likeness (QED) is 0.708. The van der Waals surface area contributed by atoms with E-state index in [0.717, 1.165) is 10.9 Å². The average molecular weight is 189 g/mol. The largest absolute Gasteiger partial charge is 0.390 e. The summed E-state index contributed by atoms with van der Waals surface area (Å²) in [5, 5.41) is 9.96. The first-order valence-electron chi connectivity index (χ1n) is 4.45. The molecule has 0 bridgehead atoms. The molecule has 0 amide bonds. The summed E-state index contributed by atoms with van der Waals surface area (Å²) >= 11 is 0. The number of fused-ring (bicyclic) bond motifs is 1. The zero-order chi connectivity index (χ0) is 10.1. The third-order valence-corrected chi connectivity index (χ3v) is 2.29. The van der Waals surface area contributed by atoms with E-state index in [0.29, 0.717) is 11.3 Å². The monoisotopic (exact) mass is 189 g/mol. The average Bonchev–Trinajstić information content (AvgIpc) is 2.55. The van der Waals surface area contributed by atoms with Gasteiger partial charge in [0.15, 0.2) is 5.78 Å².